The summed E-state index contributed by atoms with van der Waals surface area (Å²) >= 11 is 3.66. The molecule has 4 heteroatoms. The summed E-state index contributed by atoms with van der Waals surface area (Å²) in [5, 5.41) is 4.55. The van der Waals surface area contributed by atoms with E-state index in [2.05, 4.69) is 39.6 Å². The van der Waals surface area contributed by atoms with Gasteiger partial charge in [-0.05, 0) is 48.0 Å². The number of halogens is 1. The van der Waals surface area contributed by atoms with Crippen LogP contribution < -0.4 is 5.73 Å². The highest BCUT2D eigenvalue weighted by atomic mass is 79.9. The fourth-order valence-corrected chi connectivity index (χ4v) is 3.52. The molecule has 1 aromatic rings. The van der Waals surface area contributed by atoms with Gasteiger partial charge in [0.1, 0.15) is 0 Å². The van der Waals surface area contributed by atoms with E-state index in [0.717, 1.165) is 23.1 Å². The van der Waals surface area contributed by atoms with Gasteiger partial charge in [0.05, 0.1) is 15.9 Å². The second kappa shape index (κ2) is 5.33. The Morgan fingerprint density at radius 1 is 1.44 bits per heavy atom. The summed E-state index contributed by atoms with van der Waals surface area (Å²) in [7, 11) is 0. The third-order valence-electron chi connectivity index (χ3n) is 4.51. The van der Waals surface area contributed by atoms with Crippen molar-refractivity contribution in [1.29, 1.82) is 0 Å². The summed E-state index contributed by atoms with van der Waals surface area (Å²) in [5.74, 6) is 0. The summed E-state index contributed by atoms with van der Waals surface area (Å²) in [4.78, 5) is 0. The first-order valence-corrected chi connectivity index (χ1v) is 7.74. The van der Waals surface area contributed by atoms with Gasteiger partial charge < -0.3 is 5.73 Å². The summed E-state index contributed by atoms with van der Waals surface area (Å²) in [6.07, 6.45) is 6.12. The van der Waals surface area contributed by atoms with Gasteiger partial charge in [-0.2, -0.15) is 5.10 Å². The van der Waals surface area contributed by atoms with Gasteiger partial charge in [0, 0.05) is 19.0 Å². The molecule has 1 heterocycles. The standard InChI is InChI=1S/C14H24BrN3/c1-4-18-11(13(15)10(2)17-18)9-12(16)14(3)7-5-6-8-14/h12H,4-9,16H2,1-3H3. The maximum Gasteiger partial charge on any atom is 0.0738 e. The molecule has 0 amide bonds. The van der Waals surface area contributed by atoms with E-state index in [0.29, 0.717) is 5.41 Å². The van der Waals surface area contributed by atoms with Gasteiger partial charge in [0.15, 0.2) is 0 Å². The average Bonchev–Trinajstić information content (AvgIpc) is 2.89. The Morgan fingerprint density at radius 3 is 2.61 bits per heavy atom. The normalized spacial score (nSPS) is 20.3. The van der Waals surface area contributed by atoms with E-state index < -0.39 is 0 Å². The topological polar surface area (TPSA) is 43.8 Å². The van der Waals surface area contributed by atoms with E-state index in [1.54, 1.807) is 0 Å². The van der Waals surface area contributed by atoms with Crippen LogP contribution in [0.15, 0.2) is 4.47 Å². The lowest BCUT2D eigenvalue weighted by Gasteiger charge is -2.31. The van der Waals surface area contributed by atoms with Crippen molar-refractivity contribution < 1.29 is 0 Å². The van der Waals surface area contributed by atoms with Crippen molar-refractivity contribution in [3.8, 4) is 0 Å². The molecule has 0 bridgehead atoms. The highest BCUT2D eigenvalue weighted by Gasteiger charge is 2.35. The zero-order valence-electron chi connectivity index (χ0n) is 11.7. The van der Waals surface area contributed by atoms with Crippen LogP contribution in [0.25, 0.3) is 0 Å². The largest absolute Gasteiger partial charge is 0.327 e. The molecule has 1 fully saturated rings. The van der Waals surface area contributed by atoms with Crippen molar-refractivity contribution in [2.45, 2.75) is 65.5 Å². The molecule has 2 rings (SSSR count). The molecule has 0 aromatic carbocycles. The van der Waals surface area contributed by atoms with Crippen LogP contribution in [0.1, 0.15) is 50.9 Å². The van der Waals surface area contributed by atoms with Crippen LogP contribution in [0, 0.1) is 12.3 Å². The minimum Gasteiger partial charge on any atom is -0.327 e. The highest BCUT2D eigenvalue weighted by Crippen LogP contribution is 2.41. The molecule has 1 unspecified atom stereocenters. The second-order valence-electron chi connectivity index (χ2n) is 5.83. The molecule has 3 nitrogen and oxygen atoms in total. The predicted molar refractivity (Wildman–Crippen MR) is 78.6 cm³/mol. The van der Waals surface area contributed by atoms with Crippen LogP contribution in [0.4, 0.5) is 0 Å². The maximum atomic E-state index is 6.49. The van der Waals surface area contributed by atoms with Crippen LogP contribution in [-0.4, -0.2) is 15.8 Å². The molecule has 1 aliphatic rings. The van der Waals surface area contributed by atoms with E-state index in [4.69, 9.17) is 5.73 Å². The van der Waals surface area contributed by atoms with Gasteiger partial charge in [0.2, 0.25) is 0 Å². The summed E-state index contributed by atoms with van der Waals surface area (Å²) in [5.41, 5.74) is 9.13. The maximum absolute atomic E-state index is 6.49. The molecule has 1 aliphatic carbocycles. The minimum absolute atomic E-state index is 0.234. The van der Waals surface area contributed by atoms with E-state index >= 15 is 0 Å². The molecule has 0 saturated heterocycles. The third kappa shape index (κ3) is 2.50. The molecule has 18 heavy (non-hydrogen) atoms. The Hall–Kier alpha value is -0.350. The summed E-state index contributed by atoms with van der Waals surface area (Å²) in [6, 6.07) is 0.234. The number of aryl methyl sites for hydroxylation is 2. The molecule has 1 saturated carbocycles. The van der Waals surface area contributed by atoms with Gasteiger partial charge in [-0.3, -0.25) is 4.68 Å². The minimum atomic E-state index is 0.234. The van der Waals surface area contributed by atoms with E-state index in [1.807, 2.05) is 6.92 Å². The van der Waals surface area contributed by atoms with Crippen LogP contribution in [0.3, 0.4) is 0 Å². The van der Waals surface area contributed by atoms with Crippen molar-refractivity contribution in [3.05, 3.63) is 15.9 Å². The van der Waals surface area contributed by atoms with Gasteiger partial charge in [-0.1, -0.05) is 19.8 Å². The number of hydrogen-bond acceptors (Lipinski definition) is 2. The monoisotopic (exact) mass is 313 g/mol. The smallest absolute Gasteiger partial charge is 0.0738 e. The summed E-state index contributed by atoms with van der Waals surface area (Å²) < 4.78 is 3.22. The zero-order valence-corrected chi connectivity index (χ0v) is 13.3. The van der Waals surface area contributed by atoms with Gasteiger partial charge in [0.25, 0.3) is 0 Å². The van der Waals surface area contributed by atoms with E-state index in [9.17, 15) is 0 Å². The number of nitrogens with zero attached hydrogens (tertiary/aromatic N) is 2. The molecule has 1 atom stereocenters. The number of aromatic nitrogens is 2. The van der Waals surface area contributed by atoms with E-state index in [1.165, 1.54) is 31.4 Å². The summed E-state index contributed by atoms with van der Waals surface area (Å²) in [6.45, 7) is 7.43. The molecular formula is C14H24BrN3. The van der Waals surface area contributed by atoms with Crippen LogP contribution >= 0.6 is 15.9 Å². The fourth-order valence-electron chi connectivity index (χ4n) is 3.07. The Bertz CT molecular complexity index is 419. The lowest BCUT2D eigenvalue weighted by atomic mass is 9.79. The lowest BCUT2D eigenvalue weighted by molar-refractivity contribution is 0.257. The number of nitrogens with two attached hydrogens (primary N) is 1. The Labute approximate surface area is 118 Å². The lowest BCUT2D eigenvalue weighted by Crippen LogP contribution is -2.40. The number of hydrogen-bond donors (Lipinski definition) is 1. The Morgan fingerprint density at radius 2 is 2.06 bits per heavy atom. The molecule has 0 spiro atoms. The molecule has 2 N–H and O–H groups in total. The van der Waals surface area contributed by atoms with Crippen molar-refractivity contribution in [3.63, 3.8) is 0 Å². The second-order valence-corrected chi connectivity index (χ2v) is 6.63. The quantitative estimate of drug-likeness (QED) is 0.925. The molecule has 102 valence electrons. The fraction of sp³-hybridized carbons (Fsp3) is 0.786. The molecule has 0 radical (unpaired) electrons. The molecule has 1 aromatic heterocycles. The van der Waals surface area contributed by atoms with Crippen molar-refractivity contribution in [2.24, 2.45) is 11.1 Å². The van der Waals surface area contributed by atoms with Crippen LogP contribution in [0.5, 0.6) is 0 Å². The van der Waals surface area contributed by atoms with Crippen LogP contribution in [0.2, 0.25) is 0 Å². The Kier molecular flexibility index (Phi) is 4.17. The van der Waals surface area contributed by atoms with Crippen LogP contribution in [-0.2, 0) is 13.0 Å². The first-order valence-electron chi connectivity index (χ1n) is 6.95. The number of rotatable bonds is 4. The first-order chi connectivity index (χ1) is 8.48. The van der Waals surface area contributed by atoms with Crippen molar-refractivity contribution in [2.75, 3.05) is 0 Å². The molecule has 0 aliphatic heterocycles. The SMILES string of the molecule is CCn1nc(C)c(Br)c1CC(N)C1(C)CCCC1. The third-order valence-corrected chi connectivity index (χ3v) is 5.54. The zero-order chi connectivity index (χ0) is 13.3. The molecular weight excluding hydrogens is 290 g/mol. The van der Waals surface area contributed by atoms with Gasteiger partial charge in [-0.15, -0.1) is 0 Å². The van der Waals surface area contributed by atoms with Gasteiger partial charge >= 0.3 is 0 Å². The van der Waals surface area contributed by atoms with Gasteiger partial charge in [-0.25, -0.2) is 0 Å². The highest BCUT2D eigenvalue weighted by molar-refractivity contribution is 9.10. The first kappa shape index (κ1) is 14.1. The predicted octanol–water partition coefficient (Wildman–Crippen LogP) is 3.42. The average molecular weight is 314 g/mol. The Balaban J connectivity index is 2.18. The van der Waals surface area contributed by atoms with Crippen molar-refractivity contribution >= 4 is 15.9 Å². The van der Waals surface area contributed by atoms with Crippen molar-refractivity contribution in [1.82, 2.24) is 9.78 Å². The van der Waals surface area contributed by atoms with E-state index in [-0.39, 0.29) is 6.04 Å².